The maximum absolute atomic E-state index is 12.0. The Hall–Kier alpha value is -1.11. The van der Waals surface area contributed by atoms with Crippen LogP contribution in [0.3, 0.4) is 0 Å². The average Bonchev–Trinajstić information content (AvgIpc) is 2.18. The summed E-state index contributed by atoms with van der Waals surface area (Å²) in [6.45, 7) is 2.50. The summed E-state index contributed by atoms with van der Waals surface area (Å²) in [6, 6.07) is 6.87. The zero-order valence-electron chi connectivity index (χ0n) is 11.1. The molecule has 102 valence electrons. The zero-order valence-corrected chi connectivity index (χ0v) is 11.9. The van der Waals surface area contributed by atoms with Crippen molar-refractivity contribution in [2.45, 2.75) is 18.7 Å². The number of benzene rings is 1. The van der Waals surface area contributed by atoms with E-state index in [0.29, 0.717) is 17.8 Å². The van der Waals surface area contributed by atoms with Crippen LogP contribution in [0.1, 0.15) is 12.5 Å². The lowest BCUT2D eigenvalue weighted by atomic mass is 10.2. The first-order valence-electron chi connectivity index (χ1n) is 5.78. The Morgan fingerprint density at radius 1 is 1.33 bits per heavy atom. The summed E-state index contributed by atoms with van der Waals surface area (Å²) in [7, 11) is 0.447. The van der Waals surface area contributed by atoms with Gasteiger partial charge in [-0.3, -0.25) is 0 Å². The van der Waals surface area contributed by atoms with Crippen molar-refractivity contribution in [1.82, 2.24) is 9.62 Å². The van der Waals surface area contributed by atoms with Crippen LogP contribution in [0.25, 0.3) is 0 Å². The van der Waals surface area contributed by atoms with E-state index in [2.05, 4.69) is 4.72 Å². The molecule has 0 fully saturated rings. The van der Waals surface area contributed by atoms with Crippen molar-refractivity contribution in [2.24, 2.45) is 0 Å². The Morgan fingerprint density at radius 3 is 2.50 bits per heavy atom. The fraction of sp³-hybridized carbons (Fsp3) is 0.500. The standard InChI is InChI=1S/C12H21N3O2S/c1-10(8-15(2)3)14-18(16,17)9-11-6-4-5-7-12(11)13/h4-7,10,14H,8-9,13H2,1-3H3. The molecule has 0 spiro atoms. The van der Waals surface area contributed by atoms with Crippen LogP contribution in [-0.4, -0.2) is 40.0 Å². The second kappa shape index (κ2) is 6.17. The van der Waals surface area contributed by atoms with E-state index in [4.69, 9.17) is 5.73 Å². The molecule has 1 rings (SSSR count). The van der Waals surface area contributed by atoms with Crippen molar-refractivity contribution in [1.29, 1.82) is 0 Å². The van der Waals surface area contributed by atoms with E-state index in [1.54, 1.807) is 24.3 Å². The number of sulfonamides is 1. The number of hydrogen-bond donors (Lipinski definition) is 2. The molecule has 0 aliphatic carbocycles. The van der Waals surface area contributed by atoms with Crippen molar-refractivity contribution in [2.75, 3.05) is 26.4 Å². The smallest absolute Gasteiger partial charge is 0.216 e. The molecule has 0 saturated heterocycles. The lowest BCUT2D eigenvalue weighted by molar-refractivity contribution is 0.370. The minimum atomic E-state index is -3.36. The topological polar surface area (TPSA) is 75.4 Å². The van der Waals surface area contributed by atoms with Crippen LogP contribution in [0.5, 0.6) is 0 Å². The van der Waals surface area contributed by atoms with Gasteiger partial charge in [-0.2, -0.15) is 0 Å². The van der Waals surface area contributed by atoms with E-state index < -0.39 is 10.0 Å². The molecule has 1 aromatic rings. The molecule has 3 N–H and O–H groups in total. The normalized spacial score (nSPS) is 13.8. The number of nitrogens with two attached hydrogens (primary N) is 1. The van der Waals surface area contributed by atoms with Gasteiger partial charge in [0, 0.05) is 18.3 Å². The van der Waals surface area contributed by atoms with Gasteiger partial charge in [0.2, 0.25) is 10.0 Å². The van der Waals surface area contributed by atoms with Crippen LogP contribution in [-0.2, 0) is 15.8 Å². The molecule has 0 amide bonds. The van der Waals surface area contributed by atoms with E-state index in [1.807, 2.05) is 25.9 Å². The lowest BCUT2D eigenvalue weighted by Crippen LogP contribution is -2.40. The third-order valence-corrected chi connectivity index (χ3v) is 3.87. The van der Waals surface area contributed by atoms with E-state index in [1.165, 1.54) is 0 Å². The molecule has 0 radical (unpaired) electrons. The number of likely N-dealkylation sites (N-methyl/N-ethyl adjacent to an activating group) is 1. The number of nitrogens with zero attached hydrogens (tertiary/aromatic N) is 1. The van der Waals surface area contributed by atoms with Crippen LogP contribution < -0.4 is 10.5 Å². The molecule has 6 heteroatoms. The summed E-state index contributed by atoms with van der Waals surface area (Å²) >= 11 is 0. The van der Waals surface area contributed by atoms with Gasteiger partial charge in [0.05, 0.1) is 5.75 Å². The van der Waals surface area contributed by atoms with Gasteiger partial charge in [0.1, 0.15) is 0 Å². The highest BCUT2D eigenvalue weighted by Crippen LogP contribution is 2.13. The van der Waals surface area contributed by atoms with Crippen molar-refractivity contribution in [3.8, 4) is 0 Å². The highest BCUT2D eigenvalue weighted by Gasteiger charge is 2.16. The summed E-state index contributed by atoms with van der Waals surface area (Å²) in [6.07, 6.45) is 0. The van der Waals surface area contributed by atoms with Crippen molar-refractivity contribution in [3.05, 3.63) is 29.8 Å². The Morgan fingerprint density at radius 2 is 1.94 bits per heavy atom. The summed E-state index contributed by atoms with van der Waals surface area (Å²) in [4.78, 5) is 1.93. The highest BCUT2D eigenvalue weighted by atomic mass is 32.2. The Kier molecular flexibility index (Phi) is 5.13. The number of nitrogen functional groups attached to an aromatic ring is 1. The van der Waals surface area contributed by atoms with Gasteiger partial charge < -0.3 is 10.6 Å². The molecule has 1 aromatic carbocycles. The molecule has 0 bridgehead atoms. The highest BCUT2D eigenvalue weighted by molar-refractivity contribution is 7.88. The van der Waals surface area contributed by atoms with Gasteiger partial charge in [0.25, 0.3) is 0 Å². The fourth-order valence-electron chi connectivity index (χ4n) is 1.80. The minimum Gasteiger partial charge on any atom is -0.398 e. The Labute approximate surface area is 109 Å². The van der Waals surface area contributed by atoms with Crippen LogP contribution in [0.2, 0.25) is 0 Å². The first-order valence-corrected chi connectivity index (χ1v) is 7.43. The number of para-hydroxylation sites is 1. The maximum Gasteiger partial charge on any atom is 0.216 e. The molecular formula is C12H21N3O2S. The first kappa shape index (κ1) is 14.9. The molecule has 0 aromatic heterocycles. The second-order valence-corrected chi connectivity index (χ2v) is 6.49. The molecule has 1 atom stereocenters. The Bertz CT molecular complexity index is 486. The van der Waals surface area contributed by atoms with Gasteiger partial charge in [-0.1, -0.05) is 18.2 Å². The predicted molar refractivity (Wildman–Crippen MR) is 74.6 cm³/mol. The SMILES string of the molecule is CC(CN(C)C)NS(=O)(=O)Cc1ccccc1N. The van der Waals surface area contributed by atoms with Gasteiger partial charge in [-0.25, -0.2) is 13.1 Å². The van der Waals surface area contributed by atoms with Gasteiger partial charge in [0.15, 0.2) is 0 Å². The van der Waals surface area contributed by atoms with Crippen LogP contribution in [0.15, 0.2) is 24.3 Å². The summed E-state index contributed by atoms with van der Waals surface area (Å²) in [5.74, 6) is -0.0859. The molecule has 1 unspecified atom stereocenters. The predicted octanol–water partition coefficient (Wildman–Crippen LogP) is 0.638. The molecule has 0 saturated carbocycles. The van der Waals surface area contributed by atoms with Crippen molar-refractivity contribution < 1.29 is 8.42 Å². The molecule has 5 nitrogen and oxygen atoms in total. The summed E-state index contributed by atoms with van der Waals surface area (Å²) < 4.78 is 26.6. The summed E-state index contributed by atoms with van der Waals surface area (Å²) in [5, 5.41) is 0. The first-order chi connectivity index (χ1) is 8.30. The van der Waals surface area contributed by atoms with Gasteiger partial charge in [-0.05, 0) is 32.6 Å². The van der Waals surface area contributed by atoms with E-state index in [-0.39, 0.29) is 11.8 Å². The molecule has 0 heterocycles. The van der Waals surface area contributed by atoms with E-state index >= 15 is 0 Å². The number of anilines is 1. The quantitative estimate of drug-likeness (QED) is 0.745. The average molecular weight is 271 g/mol. The van der Waals surface area contributed by atoms with E-state index in [9.17, 15) is 8.42 Å². The maximum atomic E-state index is 12.0. The zero-order chi connectivity index (χ0) is 13.8. The fourth-order valence-corrected chi connectivity index (χ4v) is 3.25. The Balaban J connectivity index is 2.68. The number of hydrogen-bond acceptors (Lipinski definition) is 4. The third kappa shape index (κ3) is 5.03. The molecule has 18 heavy (non-hydrogen) atoms. The largest absolute Gasteiger partial charge is 0.398 e. The monoisotopic (exact) mass is 271 g/mol. The van der Waals surface area contributed by atoms with Crippen molar-refractivity contribution in [3.63, 3.8) is 0 Å². The van der Waals surface area contributed by atoms with Crippen LogP contribution in [0, 0.1) is 0 Å². The van der Waals surface area contributed by atoms with Gasteiger partial charge >= 0.3 is 0 Å². The summed E-state index contributed by atoms with van der Waals surface area (Å²) in [5.41, 5.74) is 6.87. The third-order valence-electron chi connectivity index (χ3n) is 2.42. The van der Waals surface area contributed by atoms with Crippen LogP contribution >= 0.6 is 0 Å². The van der Waals surface area contributed by atoms with Crippen LogP contribution in [0.4, 0.5) is 5.69 Å². The molecule has 0 aliphatic heterocycles. The number of nitrogens with one attached hydrogen (secondary N) is 1. The number of rotatable bonds is 6. The molecular weight excluding hydrogens is 250 g/mol. The lowest BCUT2D eigenvalue weighted by Gasteiger charge is -2.18. The minimum absolute atomic E-state index is 0.0859. The molecule has 0 aliphatic rings. The van der Waals surface area contributed by atoms with Crippen molar-refractivity contribution >= 4 is 15.7 Å². The second-order valence-electron chi connectivity index (χ2n) is 4.74. The van der Waals surface area contributed by atoms with E-state index in [0.717, 1.165) is 0 Å². The van der Waals surface area contributed by atoms with Gasteiger partial charge in [-0.15, -0.1) is 0 Å².